The third-order valence-electron chi connectivity index (χ3n) is 2.56. The third kappa shape index (κ3) is 2.46. The van der Waals surface area contributed by atoms with Gasteiger partial charge in [0.05, 0.1) is 0 Å². The van der Waals surface area contributed by atoms with Crippen molar-refractivity contribution in [2.24, 2.45) is 5.92 Å². The third-order valence-corrected chi connectivity index (χ3v) is 2.56. The molecule has 1 rings (SSSR count). The number of nitrogens with zero attached hydrogens (tertiary/aromatic N) is 1. The molecule has 1 unspecified atom stereocenters. The van der Waals surface area contributed by atoms with Crippen molar-refractivity contribution in [2.75, 3.05) is 20.1 Å². The van der Waals surface area contributed by atoms with Crippen molar-refractivity contribution in [3.8, 4) is 0 Å². The summed E-state index contributed by atoms with van der Waals surface area (Å²) in [6, 6.07) is 1.41. The monoisotopic (exact) mass is 156 g/mol. The summed E-state index contributed by atoms with van der Waals surface area (Å²) < 4.78 is 0. The lowest BCUT2D eigenvalue weighted by atomic mass is 10.0. The molecule has 0 bridgehead atoms. The summed E-state index contributed by atoms with van der Waals surface area (Å²) in [5.74, 6) is 0.751. The van der Waals surface area contributed by atoms with E-state index in [1.165, 1.54) is 13.1 Å². The fourth-order valence-electron chi connectivity index (χ4n) is 1.37. The summed E-state index contributed by atoms with van der Waals surface area (Å²) >= 11 is 0. The van der Waals surface area contributed by atoms with E-state index in [2.05, 4.69) is 38.0 Å². The maximum atomic E-state index is 3.60. The van der Waals surface area contributed by atoms with Crippen molar-refractivity contribution in [3.05, 3.63) is 0 Å². The van der Waals surface area contributed by atoms with Gasteiger partial charge in [0, 0.05) is 25.2 Å². The fourth-order valence-corrected chi connectivity index (χ4v) is 1.37. The molecular formula is C9H20N2. The topological polar surface area (TPSA) is 15.3 Å². The van der Waals surface area contributed by atoms with Gasteiger partial charge in [-0.25, -0.2) is 0 Å². The molecule has 0 aliphatic carbocycles. The van der Waals surface area contributed by atoms with E-state index >= 15 is 0 Å². The van der Waals surface area contributed by atoms with Crippen LogP contribution >= 0.6 is 0 Å². The highest BCUT2D eigenvalue weighted by atomic mass is 15.2. The Morgan fingerprint density at radius 2 is 1.82 bits per heavy atom. The highest BCUT2D eigenvalue weighted by molar-refractivity contribution is 4.85. The van der Waals surface area contributed by atoms with Gasteiger partial charge in [-0.1, -0.05) is 13.8 Å². The zero-order chi connectivity index (χ0) is 8.43. The van der Waals surface area contributed by atoms with E-state index in [0.29, 0.717) is 6.04 Å². The molecule has 2 nitrogen and oxygen atoms in total. The highest BCUT2D eigenvalue weighted by Crippen LogP contribution is 2.08. The molecule has 1 fully saturated rings. The largest absolute Gasteiger partial charge is 0.309 e. The number of likely N-dealkylation sites (tertiary alicyclic amines) is 1. The first kappa shape index (κ1) is 9.01. The van der Waals surface area contributed by atoms with Crippen LogP contribution in [0.15, 0.2) is 0 Å². The van der Waals surface area contributed by atoms with Crippen LogP contribution in [-0.2, 0) is 0 Å². The Hall–Kier alpha value is -0.0800. The van der Waals surface area contributed by atoms with Crippen LogP contribution in [0.5, 0.6) is 0 Å². The first-order chi connectivity index (χ1) is 5.09. The van der Waals surface area contributed by atoms with Gasteiger partial charge in [0.15, 0.2) is 0 Å². The van der Waals surface area contributed by atoms with Gasteiger partial charge < -0.3 is 10.2 Å². The van der Waals surface area contributed by atoms with Gasteiger partial charge in [-0.3, -0.25) is 0 Å². The smallest absolute Gasteiger partial charge is 0.0324 e. The van der Waals surface area contributed by atoms with Crippen LogP contribution in [0, 0.1) is 5.92 Å². The molecule has 0 radical (unpaired) electrons. The summed E-state index contributed by atoms with van der Waals surface area (Å²) in [6.45, 7) is 9.23. The minimum atomic E-state index is 0.661. The summed E-state index contributed by atoms with van der Waals surface area (Å²) in [6.07, 6.45) is 0. The zero-order valence-electron chi connectivity index (χ0n) is 8.09. The molecule has 2 heteroatoms. The Kier molecular flexibility index (Phi) is 2.90. The second-order valence-electron chi connectivity index (χ2n) is 4.12. The SMILES string of the molecule is CC(C)C(C)NC1CN(C)C1. The van der Waals surface area contributed by atoms with Crippen LogP contribution in [0.25, 0.3) is 0 Å². The lowest BCUT2D eigenvalue weighted by molar-refractivity contribution is 0.145. The Balaban J connectivity index is 2.11. The Labute approximate surface area is 70.0 Å². The van der Waals surface area contributed by atoms with E-state index in [1.54, 1.807) is 0 Å². The van der Waals surface area contributed by atoms with Gasteiger partial charge in [-0.15, -0.1) is 0 Å². The van der Waals surface area contributed by atoms with Crippen molar-refractivity contribution in [2.45, 2.75) is 32.9 Å². The van der Waals surface area contributed by atoms with E-state index in [4.69, 9.17) is 0 Å². The second-order valence-corrected chi connectivity index (χ2v) is 4.12. The molecule has 1 saturated heterocycles. The molecule has 0 aromatic carbocycles. The lowest BCUT2D eigenvalue weighted by Crippen LogP contribution is -2.58. The van der Waals surface area contributed by atoms with Crippen molar-refractivity contribution >= 4 is 0 Å². The van der Waals surface area contributed by atoms with E-state index < -0.39 is 0 Å². The van der Waals surface area contributed by atoms with Gasteiger partial charge >= 0.3 is 0 Å². The normalized spacial score (nSPS) is 23.7. The Morgan fingerprint density at radius 1 is 1.27 bits per heavy atom. The van der Waals surface area contributed by atoms with E-state index in [9.17, 15) is 0 Å². The number of hydrogen-bond donors (Lipinski definition) is 1. The van der Waals surface area contributed by atoms with Gasteiger partial charge in [0.1, 0.15) is 0 Å². The molecular weight excluding hydrogens is 136 g/mol. The molecule has 0 aromatic heterocycles. The summed E-state index contributed by atoms with van der Waals surface area (Å²) in [7, 11) is 2.16. The molecule has 0 amide bonds. The number of nitrogens with one attached hydrogen (secondary N) is 1. The maximum absolute atomic E-state index is 3.60. The molecule has 1 aliphatic heterocycles. The second kappa shape index (κ2) is 3.55. The molecule has 0 saturated carbocycles. The summed E-state index contributed by atoms with van der Waals surface area (Å²) in [5.41, 5.74) is 0. The lowest BCUT2D eigenvalue weighted by Gasteiger charge is -2.39. The Morgan fingerprint density at radius 3 is 2.18 bits per heavy atom. The minimum absolute atomic E-state index is 0.661. The maximum Gasteiger partial charge on any atom is 0.0324 e. The standard InChI is InChI=1S/C9H20N2/c1-7(2)8(3)10-9-5-11(4)6-9/h7-10H,5-6H2,1-4H3. The number of likely N-dealkylation sites (N-methyl/N-ethyl adjacent to an activating group) is 1. The summed E-state index contributed by atoms with van der Waals surface area (Å²) in [5, 5.41) is 3.60. The van der Waals surface area contributed by atoms with Crippen molar-refractivity contribution in [1.82, 2.24) is 10.2 Å². The molecule has 0 spiro atoms. The van der Waals surface area contributed by atoms with Gasteiger partial charge in [0.2, 0.25) is 0 Å². The number of hydrogen-bond acceptors (Lipinski definition) is 2. The van der Waals surface area contributed by atoms with Crippen molar-refractivity contribution in [1.29, 1.82) is 0 Å². The fraction of sp³-hybridized carbons (Fsp3) is 1.00. The number of rotatable bonds is 3. The molecule has 66 valence electrons. The van der Waals surface area contributed by atoms with Crippen LogP contribution in [0.1, 0.15) is 20.8 Å². The van der Waals surface area contributed by atoms with Gasteiger partial charge in [-0.05, 0) is 19.9 Å². The molecule has 1 heterocycles. The highest BCUT2D eigenvalue weighted by Gasteiger charge is 2.24. The first-order valence-electron chi connectivity index (χ1n) is 4.54. The summed E-state index contributed by atoms with van der Waals surface area (Å²) in [4.78, 5) is 2.34. The average Bonchev–Trinajstić information content (AvgIpc) is 1.84. The van der Waals surface area contributed by atoms with E-state index in [-0.39, 0.29) is 0 Å². The van der Waals surface area contributed by atoms with Crippen molar-refractivity contribution < 1.29 is 0 Å². The Bertz CT molecular complexity index is 117. The first-order valence-corrected chi connectivity index (χ1v) is 4.54. The van der Waals surface area contributed by atoms with Crippen LogP contribution in [0.3, 0.4) is 0 Å². The molecule has 11 heavy (non-hydrogen) atoms. The molecule has 1 aliphatic rings. The predicted molar refractivity (Wildman–Crippen MR) is 48.7 cm³/mol. The van der Waals surface area contributed by atoms with E-state index in [1.807, 2.05) is 0 Å². The van der Waals surface area contributed by atoms with Crippen LogP contribution in [0.2, 0.25) is 0 Å². The van der Waals surface area contributed by atoms with E-state index in [0.717, 1.165) is 12.0 Å². The van der Waals surface area contributed by atoms with Crippen molar-refractivity contribution in [3.63, 3.8) is 0 Å². The zero-order valence-corrected chi connectivity index (χ0v) is 8.09. The predicted octanol–water partition coefficient (Wildman–Crippen LogP) is 0.934. The minimum Gasteiger partial charge on any atom is -0.309 e. The molecule has 1 N–H and O–H groups in total. The quantitative estimate of drug-likeness (QED) is 0.654. The van der Waals surface area contributed by atoms with Gasteiger partial charge in [0.25, 0.3) is 0 Å². The van der Waals surface area contributed by atoms with Crippen LogP contribution in [0.4, 0.5) is 0 Å². The van der Waals surface area contributed by atoms with Gasteiger partial charge in [-0.2, -0.15) is 0 Å². The molecule has 1 atom stereocenters. The van der Waals surface area contributed by atoms with Crippen LogP contribution < -0.4 is 5.32 Å². The average molecular weight is 156 g/mol. The molecule has 0 aromatic rings. The van der Waals surface area contributed by atoms with Crippen LogP contribution in [-0.4, -0.2) is 37.1 Å².